The highest BCUT2D eigenvalue weighted by Crippen LogP contribution is 2.23. The molecule has 6 nitrogen and oxygen atoms in total. The first-order chi connectivity index (χ1) is 10.7. The van der Waals surface area contributed by atoms with Gasteiger partial charge in [-0.1, -0.05) is 0 Å². The third kappa shape index (κ3) is 4.96. The van der Waals surface area contributed by atoms with Crippen molar-refractivity contribution >= 4 is 23.5 Å². The van der Waals surface area contributed by atoms with Crippen molar-refractivity contribution < 1.29 is 9.53 Å². The lowest BCUT2D eigenvalue weighted by Crippen LogP contribution is -2.47. The summed E-state index contributed by atoms with van der Waals surface area (Å²) in [6.07, 6.45) is 1.51. The van der Waals surface area contributed by atoms with E-state index in [1.165, 1.54) is 0 Å². The molecule has 0 spiro atoms. The Labute approximate surface area is 142 Å². The topological polar surface area (TPSA) is 58.6 Å². The lowest BCUT2D eigenvalue weighted by atomic mass is 10.0. The van der Waals surface area contributed by atoms with Crippen molar-refractivity contribution in [2.24, 2.45) is 0 Å². The van der Waals surface area contributed by atoms with Gasteiger partial charge in [0.2, 0.25) is 5.28 Å². The predicted octanol–water partition coefficient (Wildman–Crippen LogP) is 3.27. The molecule has 2 heterocycles. The standard InChI is InChI=1S/C16H25ClN4O2/c1-11-10-13(19-14(17)18-11)20(5)12-6-8-21(9-7-12)15(22)23-16(2,3)4/h10,12H,6-9H2,1-5H3. The highest BCUT2D eigenvalue weighted by Gasteiger charge is 2.29. The molecule has 23 heavy (non-hydrogen) atoms. The fourth-order valence-corrected chi connectivity index (χ4v) is 2.87. The van der Waals surface area contributed by atoms with E-state index in [4.69, 9.17) is 16.3 Å². The van der Waals surface area contributed by atoms with Gasteiger partial charge in [0.1, 0.15) is 11.4 Å². The summed E-state index contributed by atoms with van der Waals surface area (Å²) in [5.74, 6) is 0.818. The van der Waals surface area contributed by atoms with Crippen LogP contribution in [-0.4, -0.2) is 52.7 Å². The summed E-state index contributed by atoms with van der Waals surface area (Å²) in [5.41, 5.74) is 0.387. The minimum Gasteiger partial charge on any atom is -0.444 e. The molecular weight excluding hydrogens is 316 g/mol. The average Bonchev–Trinajstić information content (AvgIpc) is 2.44. The molecule has 1 aromatic rings. The van der Waals surface area contributed by atoms with Crippen LogP contribution in [0, 0.1) is 6.92 Å². The minimum absolute atomic E-state index is 0.237. The monoisotopic (exact) mass is 340 g/mol. The fourth-order valence-electron chi connectivity index (χ4n) is 2.65. The Morgan fingerprint density at radius 3 is 2.48 bits per heavy atom. The van der Waals surface area contributed by atoms with Gasteiger partial charge in [-0.05, 0) is 52.1 Å². The van der Waals surface area contributed by atoms with Crippen LogP contribution in [0.5, 0.6) is 0 Å². The molecule has 1 saturated heterocycles. The Balaban J connectivity index is 1.94. The molecular formula is C16H25ClN4O2. The lowest BCUT2D eigenvalue weighted by molar-refractivity contribution is 0.0205. The van der Waals surface area contributed by atoms with Crippen LogP contribution in [0.4, 0.5) is 10.6 Å². The Kier molecular flexibility index (Phi) is 5.34. The second-order valence-corrected chi connectivity index (χ2v) is 7.28. The molecule has 128 valence electrons. The van der Waals surface area contributed by atoms with Gasteiger partial charge in [-0.15, -0.1) is 0 Å². The first kappa shape index (κ1) is 17.8. The summed E-state index contributed by atoms with van der Waals surface area (Å²) in [5, 5.41) is 0.262. The second kappa shape index (κ2) is 6.91. The molecule has 0 unspecified atom stereocenters. The van der Waals surface area contributed by atoms with E-state index in [0.29, 0.717) is 19.1 Å². The van der Waals surface area contributed by atoms with Crippen LogP contribution in [0.25, 0.3) is 0 Å². The number of nitrogens with zero attached hydrogens (tertiary/aromatic N) is 4. The SMILES string of the molecule is Cc1cc(N(C)C2CCN(C(=O)OC(C)(C)C)CC2)nc(Cl)n1. The van der Waals surface area contributed by atoms with Crippen LogP contribution < -0.4 is 4.90 Å². The maximum atomic E-state index is 12.1. The van der Waals surface area contributed by atoms with Gasteiger partial charge in [0.05, 0.1) is 0 Å². The quantitative estimate of drug-likeness (QED) is 0.773. The Morgan fingerprint density at radius 1 is 1.35 bits per heavy atom. The Bertz CT molecular complexity index is 545. The zero-order valence-electron chi connectivity index (χ0n) is 14.5. The molecule has 7 heteroatoms. The van der Waals surface area contributed by atoms with E-state index >= 15 is 0 Å². The highest BCUT2D eigenvalue weighted by atomic mass is 35.5. The predicted molar refractivity (Wildman–Crippen MR) is 91.0 cm³/mol. The van der Waals surface area contributed by atoms with Gasteiger partial charge in [0.25, 0.3) is 0 Å². The molecule has 2 rings (SSSR count). The Hall–Kier alpha value is -1.56. The molecule has 1 aliphatic heterocycles. The number of hydrogen-bond acceptors (Lipinski definition) is 5. The van der Waals surface area contributed by atoms with E-state index in [2.05, 4.69) is 14.9 Å². The normalized spacial score (nSPS) is 16.3. The second-order valence-electron chi connectivity index (χ2n) is 6.95. The van der Waals surface area contributed by atoms with Crippen LogP contribution in [-0.2, 0) is 4.74 Å². The molecule has 1 aromatic heterocycles. The van der Waals surface area contributed by atoms with Crippen molar-refractivity contribution in [3.8, 4) is 0 Å². The van der Waals surface area contributed by atoms with Gasteiger partial charge in [-0.2, -0.15) is 0 Å². The first-order valence-electron chi connectivity index (χ1n) is 7.87. The van der Waals surface area contributed by atoms with E-state index < -0.39 is 5.60 Å². The number of likely N-dealkylation sites (tertiary alicyclic amines) is 1. The molecule has 0 radical (unpaired) electrons. The summed E-state index contributed by atoms with van der Waals surface area (Å²) in [7, 11) is 2.01. The van der Waals surface area contributed by atoms with Crippen LogP contribution in [0.1, 0.15) is 39.3 Å². The first-order valence-corrected chi connectivity index (χ1v) is 8.25. The Morgan fingerprint density at radius 2 is 1.96 bits per heavy atom. The van der Waals surface area contributed by atoms with Gasteiger partial charge in [0.15, 0.2) is 0 Å². The number of ether oxygens (including phenoxy) is 1. The van der Waals surface area contributed by atoms with E-state index in [-0.39, 0.29) is 11.4 Å². The minimum atomic E-state index is -0.458. The number of carbonyl (C=O) groups excluding carboxylic acids is 1. The molecule has 0 aromatic carbocycles. The van der Waals surface area contributed by atoms with Crippen molar-refractivity contribution in [3.05, 3.63) is 17.0 Å². The summed E-state index contributed by atoms with van der Waals surface area (Å²) < 4.78 is 5.42. The molecule has 1 aliphatic rings. The third-order valence-electron chi connectivity index (χ3n) is 3.84. The largest absolute Gasteiger partial charge is 0.444 e. The zero-order valence-corrected chi connectivity index (χ0v) is 15.2. The molecule has 0 N–H and O–H groups in total. The van der Waals surface area contributed by atoms with Crippen molar-refractivity contribution in [1.29, 1.82) is 0 Å². The molecule has 0 aliphatic carbocycles. The van der Waals surface area contributed by atoms with Crippen molar-refractivity contribution in [1.82, 2.24) is 14.9 Å². The van der Waals surface area contributed by atoms with Crippen LogP contribution in [0.15, 0.2) is 6.07 Å². The van der Waals surface area contributed by atoms with Crippen LogP contribution in [0.2, 0.25) is 5.28 Å². The van der Waals surface area contributed by atoms with Gasteiger partial charge in [-0.3, -0.25) is 0 Å². The highest BCUT2D eigenvalue weighted by molar-refractivity contribution is 6.28. The van der Waals surface area contributed by atoms with Crippen molar-refractivity contribution in [2.45, 2.75) is 52.2 Å². The smallest absolute Gasteiger partial charge is 0.410 e. The number of piperidine rings is 1. The van der Waals surface area contributed by atoms with E-state index in [9.17, 15) is 4.79 Å². The number of aromatic nitrogens is 2. The molecule has 1 amide bonds. The number of rotatable bonds is 2. The number of hydrogen-bond donors (Lipinski definition) is 0. The van der Waals surface area contributed by atoms with Gasteiger partial charge < -0.3 is 14.5 Å². The molecule has 1 fully saturated rings. The summed E-state index contributed by atoms with van der Waals surface area (Å²) in [4.78, 5) is 24.4. The fraction of sp³-hybridized carbons (Fsp3) is 0.688. The third-order valence-corrected chi connectivity index (χ3v) is 4.01. The van der Waals surface area contributed by atoms with E-state index in [1.807, 2.05) is 40.8 Å². The molecule has 0 bridgehead atoms. The number of halogens is 1. The van der Waals surface area contributed by atoms with E-state index in [1.54, 1.807) is 4.90 Å². The molecule has 0 atom stereocenters. The maximum absolute atomic E-state index is 12.1. The van der Waals surface area contributed by atoms with Crippen molar-refractivity contribution in [2.75, 3.05) is 25.0 Å². The van der Waals surface area contributed by atoms with E-state index in [0.717, 1.165) is 24.4 Å². The number of anilines is 1. The van der Waals surface area contributed by atoms with Gasteiger partial charge in [-0.25, -0.2) is 14.8 Å². The lowest BCUT2D eigenvalue weighted by Gasteiger charge is -2.37. The number of amides is 1. The van der Waals surface area contributed by atoms with Gasteiger partial charge in [0, 0.05) is 37.9 Å². The summed E-state index contributed by atoms with van der Waals surface area (Å²) in [6.45, 7) is 8.91. The van der Waals surface area contributed by atoms with Gasteiger partial charge >= 0.3 is 6.09 Å². The maximum Gasteiger partial charge on any atom is 0.410 e. The zero-order chi connectivity index (χ0) is 17.2. The number of aryl methyl sites for hydroxylation is 1. The van der Waals surface area contributed by atoms with Crippen LogP contribution >= 0.6 is 11.6 Å². The molecule has 0 saturated carbocycles. The summed E-state index contributed by atoms with van der Waals surface area (Å²) >= 11 is 5.94. The summed E-state index contributed by atoms with van der Waals surface area (Å²) in [6, 6.07) is 2.24. The van der Waals surface area contributed by atoms with Crippen molar-refractivity contribution in [3.63, 3.8) is 0 Å². The number of carbonyl (C=O) groups is 1. The average molecular weight is 341 g/mol. The van der Waals surface area contributed by atoms with Crippen LogP contribution in [0.3, 0.4) is 0 Å².